The van der Waals surface area contributed by atoms with Crippen molar-refractivity contribution >= 4 is 40.1 Å². The largest absolute Gasteiger partial charge is 0.493 e. The molecule has 1 aromatic heterocycles. The number of amides is 1. The summed E-state index contributed by atoms with van der Waals surface area (Å²) in [5.74, 6) is 1.14. The molecule has 0 radical (unpaired) electrons. The minimum Gasteiger partial charge on any atom is -0.493 e. The van der Waals surface area contributed by atoms with E-state index in [1.54, 1.807) is 30.3 Å². The summed E-state index contributed by atoms with van der Waals surface area (Å²) in [7, 11) is 1.52. The predicted octanol–water partition coefficient (Wildman–Crippen LogP) is 5.85. The summed E-state index contributed by atoms with van der Waals surface area (Å²) in [5, 5.41) is 22.1. The second kappa shape index (κ2) is 13.5. The number of nitrogens with one attached hydrogen (secondary N) is 1. The summed E-state index contributed by atoms with van der Waals surface area (Å²) >= 11 is 7.34. The Kier molecular flexibility index (Phi) is 10.1. The molecule has 188 valence electrons. The van der Waals surface area contributed by atoms with Crippen LogP contribution in [0.5, 0.6) is 17.2 Å². The van der Waals surface area contributed by atoms with E-state index in [2.05, 4.69) is 22.4 Å². The molecule has 0 saturated heterocycles. The molecule has 0 fully saturated rings. The molecule has 0 saturated carbocycles. The molecule has 3 aromatic rings. The highest BCUT2D eigenvalue weighted by molar-refractivity contribution is 7.15. The molecule has 1 N–H and O–H groups in total. The molecule has 8 nitrogen and oxygen atoms in total. The monoisotopic (exact) mass is 526 g/mol. The first-order chi connectivity index (χ1) is 17.4. The van der Waals surface area contributed by atoms with E-state index in [0.29, 0.717) is 46.2 Å². The first-order valence-corrected chi connectivity index (χ1v) is 12.6. The van der Waals surface area contributed by atoms with E-state index in [0.717, 1.165) is 29.8 Å². The summed E-state index contributed by atoms with van der Waals surface area (Å²) < 4.78 is 16.9. The normalized spacial score (nSPS) is 11.0. The van der Waals surface area contributed by atoms with Crippen molar-refractivity contribution in [1.29, 1.82) is 5.26 Å². The van der Waals surface area contributed by atoms with Crippen LogP contribution in [0.4, 0.5) is 5.13 Å². The van der Waals surface area contributed by atoms with Crippen LogP contribution in [0.25, 0.3) is 6.08 Å². The van der Waals surface area contributed by atoms with Crippen molar-refractivity contribution < 1.29 is 19.0 Å². The van der Waals surface area contributed by atoms with Crippen molar-refractivity contribution in [2.24, 2.45) is 0 Å². The summed E-state index contributed by atoms with van der Waals surface area (Å²) in [6.07, 6.45) is 4.34. The number of methoxy groups -OCH3 is 1. The average Bonchev–Trinajstić information content (AvgIpc) is 3.33. The van der Waals surface area contributed by atoms with Crippen molar-refractivity contribution in [3.8, 4) is 23.3 Å². The number of anilines is 1. The van der Waals surface area contributed by atoms with Gasteiger partial charge in [0, 0.05) is 11.4 Å². The Morgan fingerprint density at radius 2 is 1.97 bits per heavy atom. The molecule has 0 aliphatic rings. The number of aromatic nitrogens is 2. The maximum absolute atomic E-state index is 12.6. The smallest absolute Gasteiger partial charge is 0.268 e. The van der Waals surface area contributed by atoms with Crippen LogP contribution in [0.1, 0.15) is 35.9 Å². The van der Waals surface area contributed by atoms with Gasteiger partial charge in [-0.15, -0.1) is 10.2 Å². The van der Waals surface area contributed by atoms with Crippen LogP contribution in [0.2, 0.25) is 5.02 Å². The van der Waals surface area contributed by atoms with Crippen LogP contribution in [-0.4, -0.2) is 36.4 Å². The Hall–Kier alpha value is -3.61. The molecule has 0 atom stereocenters. The third kappa shape index (κ3) is 7.70. The zero-order chi connectivity index (χ0) is 25.9. The molecule has 0 spiro atoms. The highest BCUT2D eigenvalue weighted by Gasteiger charge is 2.14. The molecule has 0 aliphatic carbocycles. The lowest BCUT2D eigenvalue weighted by Gasteiger charge is -2.12. The number of ether oxygens (including phenoxy) is 3. The average molecular weight is 527 g/mol. The summed E-state index contributed by atoms with van der Waals surface area (Å²) in [5.41, 5.74) is 1.48. The lowest BCUT2D eigenvalue weighted by molar-refractivity contribution is -0.112. The van der Waals surface area contributed by atoms with Crippen molar-refractivity contribution in [3.63, 3.8) is 0 Å². The maximum Gasteiger partial charge on any atom is 0.268 e. The Morgan fingerprint density at radius 1 is 1.17 bits per heavy atom. The number of nitrogens with zero attached hydrogens (tertiary/aromatic N) is 3. The number of halogens is 1. The fourth-order valence-electron chi connectivity index (χ4n) is 3.12. The maximum atomic E-state index is 12.6. The van der Waals surface area contributed by atoms with Crippen LogP contribution in [-0.2, 0) is 11.2 Å². The number of hydrogen-bond acceptors (Lipinski definition) is 8. The van der Waals surface area contributed by atoms with Crippen molar-refractivity contribution in [1.82, 2.24) is 10.2 Å². The Labute approximate surface area is 219 Å². The fourth-order valence-corrected chi connectivity index (χ4v) is 4.02. The number of benzene rings is 2. The molecule has 2 aromatic carbocycles. The standard InChI is InChI=1S/C26H27ClN4O4S/c1-4-5-6-24-30-31-26(36-24)29-25(32)19(16-28)14-18-7-10-22(23(15-18)33-3)35-12-11-34-20-8-9-21(27)17(2)13-20/h7-10,13-15H,4-6,11-12H2,1-3H3,(H,29,31,32)/b19-14-. The fraction of sp³-hybridized carbons (Fsp3) is 0.308. The zero-order valence-electron chi connectivity index (χ0n) is 20.3. The molecule has 3 rings (SSSR count). The molecule has 1 heterocycles. The number of carbonyl (C=O) groups excluding carboxylic acids is 1. The van der Waals surface area contributed by atoms with Crippen LogP contribution in [0.15, 0.2) is 42.0 Å². The van der Waals surface area contributed by atoms with E-state index < -0.39 is 5.91 Å². The van der Waals surface area contributed by atoms with Crippen LogP contribution in [0.3, 0.4) is 0 Å². The predicted molar refractivity (Wildman–Crippen MR) is 141 cm³/mol. The summed E-state index contributed by atoms with van der Waals surface area (Å²) in [4.78, 5) is 12.6. The van der Waals surface area contributed by atoms with Gasteiger partial charge >= 0.3 is 0 Å². The van der Waals surface area contributed by atoms with Crippen molar-refractivity contribution in [2.75, 3.05) is 25.6 Å². The molecular formula is C26H27ClN4O4S. The third-order valence-corrected chi connectivity index (χ3v) is 6.36. The van der Waals surface area contributed by atoms with E-state index in [1.165, 1.54) is 24.5 Å². The van der Waals surface area contributed by atoms with E-state index in [1.807, 2.05) is 19.1 Å². The first kappa shape index (κ1) is 27.0. The highest BCUT2D eigenvalue weighted by atomic mass is 35.5. The SMILES string of the molecule is CCCCc1nnc(NC(=O)/C(C#N)=C\c2ccc(OCCOc3ccc(Cl)c(C)c3)c(OC)c2)s1. The van der Waals surface area contributed by atoms with E-state index in [-0.39, 0.29) is 5.57 Å². The van der Waals surface area contributed by atoms with Crippen molar-refractivity contribution in [3.05, 3.63) is 63.1 Å². The topological polar surface area (TPSA) is 106 Å². The summed E-state index contributed by atoms with van der Waals surface area (Å²) in [6, 6.07) is 12.5. The molecule has 0 aliphatic heterocycles. The third-order valence-electron chi connectivity index (χ3n) is 5.03. The van der Waals surface area contributed by atoms with Gasteiger partial charge in [-0.25, -0.2) is 0 Å². The van der Waals surface area contributed by atoms with Gasteiger partial charge in [0.25, 0.3) is 5.91 Å². The van der Waals surface area contributed by atoms with Crippen molar-refractivity contribution in [2.45, 2.75) is 33.1 Å². The lowest BCUT2D eigenvalue weighted by Crippen LogP contribution is -2.13. The van der Waals surface area contributed by atoms with Crippen LogP contribution < -0.4 is 19.5 Å². The number of carbonyl (C=O) groups is 1. The molecule has 10 heteroatoms. The summed E-state index contributed by atoms with van der Waals surface area (Å²) in [6.45, 7) is 4.63. The van der Waals surface area contributed by atoms with Gasteiger partial charge < -0.3 is 14.2 Å². The lowest BCUT2D eigenvalue weighted by atomic mass is 10.1. The van der Waals surface area contributed by atoms with E-state index in [9.17, 15) is 10.1 Å². The second-order valence-corrected chi connectivity index (χ2v) is 9.22. The first-order valence-electron chi connectivity index (χ1n) is 11.4. The van der Waals surface area contributed by atoms with Gasteiger partial charge in [-0.1, -0.05) is 42.3 Å². The van der Waals surface area contributed by atoms with E-state index >= 15 is 0 Å². The molecule has 1 amide bonds. The van der Waals surface area contributed by atoms with Gasteiger partial charge in [-0.3, -0.25) is 10.1 Å². The number of unbranched alkanes of at least 4 members (excludes halogenated alkanes) is 1. The van der Waals surface area contributed by atoms with E-state index in [4.69, 9.17) is 25.8 Å². The minimum absolute atomic E-state index is 0.0670. The van der Waals surface area contributed by atoms with Gasteiger partial charge in [0.2, 0.25) is 5.13 Å². The zero-order valence-corrected chi connectivity index (χ0v) is 21.9. The number of rotatable bonds is 12. The Morgan fingerprint density at radius 3 is 2.69 bits per heavy atom. The second-order valence-electron chi connectivity index (χ2n) is 7.75. The Bertz CT molecular complexity index is 1270. The molecule has 0 unspecified atom stereocenters. The number of hydrogen-bond donors (Lipinski definition) is 1. The number of nitriles is 1. The van der Waals surface area contributed by atoms with Gasteiger partial charge in [0.15, 0.2) is 11.5 Å². The van der Waals surface area contributed by atoms with Crippen LogP contribution in [0, 0.1) is 18.3 Å². The van der Waals surface area contributed by atoms with Crippen LogP contribution >= 0.6 is 22.9 Å². The highest BCUT2D eigenvalue weighted by Crippen LogP contribution is 2.29. The van der Waals surface area contributed by atoms with Gasteiger partial charge in [0.05, 0.1) is 7.11 Å². The van der Waals surface area contributed by atoms with Gasteiger partial charge in [-0.2, -0.15) is 5.26 Å². The molecule has 36 heavy (non-hydrogen) atoms. The number of aryl methyl sites for hydroxylation is 2. The Balaban J connectivity index is 1.60. The van der Waals surface area contributed by atoms with Gasteiger partial charge in [-0.05, 0) is 60.9 Å². The molecule has 0 bridgehead atoms. The minimum atomic E-state index is -0.551. The quantitative estimate of drug-likeness (QED) is 0.179. The molecular weight excluding hydrogens is 500 g/mol. The van der Waals surface area contributed by atoms with Gasteiger partial charge in [0.1, 0.15) is 35.6 Å².